The normalized spacial score (nSPS) is 14.1. The smallest absolute Gasteiger partial charge is 0.119 e. The van der Waals surface area contributed by atoms with E-state index in [4.69, 9.17) is 4.74 Å². The van der Waals surface area contributed by atoms with Crippen LogP contribution < -0.4 is 4.74 Å². The van der Waals surface area contributed by atoms with Crippen molar-refractivity contribution >= 4 is 5.57 Å². The molecule has 2 rings (SSSR count). The van der Waals surface area contributed by atoms with Crippen LogP contribution >= 0.6 is 0 Å². The summed E-state index contributed by atoms with van der Waals surface area (Å²) in [6.45, 7) is 4.47. The molecule has 0 aliphatic heterocycles. The van der Waals surface area contributed by atoms with E-state index in [-0.39, 0.29) is 0 Å². The van der Waals surface area contributed by atoms with E-state index in [1.54, 1.807) is 7.11 Å². The van der Waals surface area contributed by atoms with Crippen LogP contribution in [-0.2, 0) is 6.42 Å². The summed E-state index contributed by atoms with van der Waals surface area (Å²) in [5.74, 6) is 1.56. The van der Waals surface area contributed by atoms with Crippen LogP contribution in [0.4, 0.5) is 0 Å². The standard InChI is InChI=1S/C13H16O/c1-9(2)12-7-5-10-4-6-11(14-3)8-13(10)12/h4,6-9H,5H2,1-3H3. The van der Waals surface area contributed by atoms with Crippen LogP contribution in [-0.4, -0.2) is 7.11 Å². The summed E-state index contributed by atoms with van der Waals surface area (Å²) in [5, 5.41) is 0. The van der Waals surface area contributed by atoms with E-state index in [9.17, 15) is 0 Å². The lowest BCUT2D eigenvalue weighted by Crippen LogP contribution is -1.93. The molecule has 1 nitrogen and oxygen atoms in total. The second-order valence-corrected chi connectivity index (χ2v) is 4.04. The number of hydrogen-bond donors (Lipinski definition) is 0. The maximum absolute atomic E-state index is 5.24. The molecule has 0 aromatic heterocycles. The van der Waals surface area contributed by atoms with Gasteiger partial charge >= 0.3 is 0 Å². The van der Waals surface area contributed by atoms with Gasteiger partial charge < -0.3 is 4.74 Å². The highest BCUT2D eigenvalue weighted by Crippen LogP contribution is 2.34. The van der Waals surface area contributed by atoms with Crippen LogP contribution in [0.15, 0.2) is 24.3 Å². The van der Waals surface area contributed by atoms with Gasteiger partial charge in [0.15, 0.2) is 0 Å². The fraction of sp³-hybridized carbons (Fsp3) is 0.385. The molecule has 0 amide bonds. The molecule has 1 aromatic rings. The van der Waals surface area contributed by atoms with E-state index in [1.807, 2.05) is 6.07 Å². The first-order chi connectivity index (χ1) is 6.72. The molecule has 0 atom stereocenters. The summed E-state index contributed by atoms with van der Waals surface area (Å²) in [5.41, 5.74) is 4.26. The molecule has 1 aromatic carbocycles. The molecule has 1 aliphatic rings. The summed E-state index contributed by atoms with van der Waals surface area (Å²) >= 11 is 0. The number of fused-ring (bicyclic) bond motifs is 1. The molecule has 0 heterocycles. The summed E-state index contributed by atoms with van der Waals surface area (Å²) < 4.78 is 5.24. The Morgan fingerprint density at radius 3 is 2.71 bits per heavy atom. The van der Waals surface area contributed by atoms with Crippen molar-refractivity contribution in [2.75, 3.05) is 7.11 Å². The summed E-state index contributed by atoms with van der Waals surface area (Å²) in [6.07, 6.45) is 3.40. The summed E-state index contributed by atoms with van der Waals surface area (Å²) in [6, 6.07) is 6.35. The molecule has 1 heteroatoms. The molecule has 14 heavy (non-hydrogen) atoms. The highest BCUT2D eigenvalue weighted by Gasteiger charge is 2.16. The third-order valence-electron chi connectivity index (χ3n) is 2.79. The third kappa shape index (κ3) is 1.43. The van der Waals surface area contributed by atoms with E-state index >= 15 is 0 Å². The number of allylic oxidation sites excluding steroid dienone is 2. The Hall–Kier alpha value is -1.24. The Morgan fingerprint density at radius 2 is 2.07 bits per heavy atom. The van der Waals surface area contributed by atoms with Crippen molar-refractivity contribution in [1.82, 2.24) is 0 Å². The van der Waals surface area contributed by atoms with Crippen LogP contribution in [0.5, 0.6) is 5.75 Å². The van der Waals surface area contributed by atoms with Crippen molar-refractivity contribution in [3.8, 4) is 5.75 Å². The van der Waals surface area contributed by atoms with Crippen LogP contribution in [0.3, 0.4) is 0 Å². The van der Waals surface area contributed by atoms with E-state index in [2.05, 4.69) is 32.1 Å². The fourth-order valence-electron chi connectivity index (χ4n) is 2.01. The molecule has 1 aliphatic carbocycles. The minimum Gasteiger partial charge on any atom is -0.497 e. The Labute approximate surface area is 85.4 Å². The quantitative estimate of drug-likeness (QED) is 0.692. The van der Waals surface area contributed by atoms with Gasteiger partial charge in [-0.1, -0.05) is 26.0 Å². The first-order valence-corrected chi connectivity index (χ1v) is 5.09. The van der Waals surface area contributed by atoms with Crippen LogP contribution in [0.25, 0.3) is 5.57 Å². The summed E-state index contributed by atoms with van der Waals surface area (Å²) in [4.78, 5) is 0. The van der Waals surface area contributed by atoms with E-state index in [1.165, 1.54) is 16.7 Å². The first-order valence-electron chi connectivity index (χ1n) is 5.09. The van der Waals surface area contributed by atoms with Gasteiger partial charge in [-0.25, -0.2) is 0 Å². The van der Waals surface area contributed by atoms with Crippen LogP contribution in [0.2, 0.25) is 0 Å². The lowest BCUT2D eigenvalue weighted by atomic mass is 9.97. The van der Waals surface area contributed by atoms with Crippen molar-refractivity contribution in [3.63, 3.8) is 0 Å². The SMILES string of the molecule is COc1ccc2c(c1)C(C(C)C)=CC2. The molecule has 0 fully saturated rings. The highest BCUT2D eigenvalue weighted by atomic mass is 16.5. The molecule has 0 unspecified atom stereocenters. The van der Waals surface area contributed by atoms with Crippen LogP contribution in [0, 0.1) is 5.92 Å². The topological polar surface area (TPSA) is 9.23 Å². The number of rotatable bonds is 2. The number of methoxy groups -OCH3 is 1. The Morgan fingerprint density at radius 1 is 1.29 bits per heavy atom. The minimum atomic E-state index is 0.600. The molecular weight excluding hydrogens is 172 g/mol. The van der Waals surface area contributed by atoms with E-state index in [0.29, 0.717) is 5.92 Å². The lowest BCUT2D eigenvalue weighted by molar-refractivity contribution is 0.414. The Balaban J connectivity index is 2.43. The maximum Gasteiger partial charge on any atom is 0.119 e. The van der Waals surface area contributed by atoms with Gasteiger partial charge in [-0.3, -0.25) is 0 Å². The predicted molar refractivity (Wildman–Crippen MR) is 59.5 cm³/mol. The largest absolute Gasteiger partial charge is 0.497 e. The molecule has 0 saturated carbocycles. The third-order valence-corrected chi connectivity index (χ3v) is 2.79. The molecule has 74 valence electrons. The Bertz CT molecular complexity index is 375. The van der Waals surface area contributed by atoms with Crippen molar-refractivity contribution in [1.29, 1.82) is 0 Å². The number of hydrogen-bond acceptors (Lipinski definition) is 1. The van der Waals surface area contributed by atoms with Gasteiger partial charge in [0.25, 0.3) is 0 Å². The maximum atomic E-state index is 5.24. The van der Waals surface area contributed by atoms with Gasteiger partial charge in [-0.15, -0.1) is 0 Å². The monoisotopic (exact) mass is 188 g/mol. The molecule has 0 radical (unpaired) electrons. The van der Waals surface area contributed by atoms with Gasteiger partial charge in [0.05, 0.1) is 7.11 Å². The zero-order chi connectivity index (χ0) is 10.1. The van der Waals surface area contributed by atoms with Gasteiger partial charge in [-0.2, -0.15) is 0 Å². The zero-order valence-corrected chi connectivity index (χ0v) is 9.00. The van der Waals surface area contributed by atoms with Crippen molar-refractivity contribution < 1.29 is 4.74 Å². The van der Waals surface area contributed by atoms with Crippen molar-refractivity contribution in [2.24, 2.45) is 5.92 Å². The average Bonchev–Trinajstić information content (AvgIpc) is 2.59. The summed E-state index contributed by atoms with van der Waals surface area (Å²) in [7, 11) is 1.72. The Kier molecular flexibility index (Phi) is 2.32. The van der Waals surface area contributed by atoms with Crippen molar-refractivity contribution in [3.05, 3.63) is 35.4 Å². The van der Waals surface area contributed by atoms with Crippen LogP contribution in [0.1, 0.15) is 25.0 Å². The van der Waals surface area contributed by atoms with Gasteiger partial charge in [-0.05, 0) is 41.2 Å². The fourth-order valence-corrected chi connectivity index (χ4v) is 2.01. The first kappa shape index (κ1) is 9.32. The van der Waals surface area contributed by atoms with Crippen molar-refractivity contribution in [2.45, 2.75) is 20.3 Å². The molecular formula is C13H16O. The number of benzene rings is 1. The lowest BCUT2D eigenvalue weighted by Gasteiger charge is -2.10. The zero-order valence-electron chi connectivity index (χ0n) is 9.00. The molecule has 0 spiro atoms. The van der Waals surface area contributed by atoms with E-state index in [0.717, 1.165) is 12.2 Å². The van der Waals surface area contributed by atoms with Gasteiger partial charge in [0.1, 0.15) is 5.75 Å². The van der Waals surface area contributed by atoms with Gasteiger partial charge in [0.2, 0.25) is 0 Å². The second kappa shape index (κ2) is 3.49. The van der Waals surface area contributed by atoms with Gasteiger partial charge in [0, 0.05) is 0 Å². The second-order valence-electron chi connectivity index (χ2n) is 4.04. The highest BCUT2D eigenvalue weighted by molar-refractivity contribution is 5.75. The molecule has 0 saturated heterocycles. The number of ether oxygens (including phenoxy) is 1. The molecule has 0 N–H and O–H groups in total. The predicted octanol–water partition coefficient (Wildman–Crippen LogP) is 3.29. The van der Waals surface area contributed by atoms with E-state index < -0.39 is 0 Å². The average molecular weight is 188 g/mol. The minimum absolute atomic E-state index is 0.600. The molecule has 0 bridgehead atoms.